The van der Waals surface area contributed by atoms with Crippen molar-refractivity contribution in [2.75, 3.05) is 19.7 Å². The van der Waals surface area contributed by atoms with Crippen LogP contribution >= 0.6 is 0 Å². The van der Waals surface area contributed by atoms with E-state index in [-0.39, 0.29) is 5.54 Å². The van der Waals surface area contributed by atoms with Gasteiger partial charge in [-0.2, -0.15) is 0 Å². The predicted octanol–water partition coefficient (Wildman–Crippen LogP) is 2.15. The molecule has 2 heterocycles. The van der Waals surface area contributed by atoms with E-state index < -0.39 is 0 Å². The van der Waals surface area contributed by atoms with Gasteiger partial charge in [0.05, 0.1) is 6.10 Å². The van der Waals surface area contributed by atoms with Gasteiger partial charge >= 0.3 is 0 Å². The molecule has 2 saturated heterocycles. The number of ether oxygens (including phenoxy) is 1. The van der Waals surface area contributed by atoms with E-state index in [0.29, 0.717) is 11.6 Å². The monoisotopic (exact) mass is 240 g/mol. The van der Waals surface area contributed by atoms with Gasteiger partial charge in [0.25, 0.3) is 0 Å². The molecule has 0 amide bonds. The van der Waals surface area contributed by atoms with Gasteiger partial charge in [-0.1, -0.05) is 6.92 Å². The first-order chi connectivity index (χ1) is 8.04. The summed E-state index contributed by atoms with van der Waals surface area (Å²) in [6.07, 6.45) is 6.34. The molecule has 100 valence electrons. The van der Waals surface area contributed by atoms with Gasteiger partial charge in [-0.25, -0.2) is 0 Å². The van der Waals surface area contributed by atoms with Crippen molar-refractivity contribution >= 4 is 0 Å². The number of hydrogen-bond donors (Lipinski definition) is 1. The Bertz CT molecular complexity index is 267. The summed E-state index contributed by atoms with van der Waals surface area (Å²) in [5.41, 5.74) is 6.67. The zero-order chi connectivity index (χ0) is 12.5. The molecule has 0 radical (unpaired) electrons. The van der Waals surface area contributed by atoms with Gasteiger partial charge in [0.1, 0.15) is 0 Å². The van der Waals surface area contributed by atoms with Gasteiger partial charge in [0, 0.05) is 24.2 Å². The second kappa shape index (κ2) is 4.87. The molecule has 0 spiro atoms. The summed E-state index contributed by atoms with van der Waals surface area (Å²) < 4.78 is 5.83. The molecule has 2 rings (SSSR count). The van der Waals surface area contributed by atoms with Crippen molar-refractivity contribution in [3.8, 4) is 0 Å². The lowest BCUT2D eigenvalue weighted by Crippen LogP contribution is -2.62. The smallest absolute Gasteiger partial charge is 0.0590 e. The standard InChI is InChI=1S/C14H28N2O/c1-4-12-10-14(11-15,7-9-17-12)16-8-5-6-13(16,2)3/h12H,4-11,15H2,1-3H3. The van der Waals surface area contributed by atoms with Crippen molar-refractivity contribution < 1.29 is 4.74 Å². The maximum absolute atomic E-state index is 6.16. The SMILES string of the molecule is CCC1CC(CN)(N2CCCC2(C)C)CCO1. The van der Waals surface area contributed by atoms with E-state index in [2.05, 4.69) is 25.7 Å². The first-order valence-electron chi connectivity index (χ1n) is 7.13. The highest BCUT2D eigenvalue weighted by Crippen LogP contribution is 2.41. The normalized spacial score (nSPS) is 38.5. The first-order valence-corrected chi connectivity index (χ1v) is 7.13. The lowest BCUT2D eigenvalue weighted by Gasteiger charge is -2.51. The lowest BCUT2D eigenvalue weighted by molar-refractivity contribution is -0.0886. The fraction of sp³-hybridized carbons (Fsp3) is 1.00. The van der Waals surface area contributed by atoms with Crippen LogP contribution in [0, 0.1) is 0 Å². The minimum absolute atomic E-state index is 0.193. The summed E-state index contributed by atoms with van der Waals surface area (Å²) in [6, 6.07) is 0. The topological polar surface area (TPSA) is 38.5 Å². The van der Waals surface area contributed by atoms with Crippen molar-refractivity contribution in [1.82, 2.24) is 4.90 Å². The molecule has 2 atom stereocenters. The number of nitrogens with zero attached hydrogens (tertiary/aromatic N) is 1. The molecule has 2 unspecified atom stereocenters. The van der Waals surface area contributed by atoms with Crippen molar-refractivity contribution in [1.29, 1.82) is 0 Å². The number of rotatable bonds is 3. The van der Waals surface area contributed by atoms with Crippen LogP contribution in [-0.2, 0) is 4.74 Å². The largest absolute Gasteiger partial charge is 0.378 e. The van der Waals surface area contributed by atoms with Gasteiger partial charge in [-0.15, -0.1) is 0 Å². The third-order valence-corrected chi connectivity index (χ3v) is 4.84. The van der Waals surface area contributed by atoms with Crippen molar-refractivity contribution in [2.45, 2.75) is 70.1 Å². The molecule has 0 aliphatic carbocycles. The summed E-state index contributed by atoms with van der Waals surface area (Å²) in [7, 11) is 0. The van der Waals surface area contributed by atoms with Crippen LogP contribution in [0.5, 0.6) is 0 Å². The number of hydrogen-bond acceptors (Lipinski definition) is 3. The van der Waals surface area contributed by atoms with E-state index >= 15 is 0 Å². The maximum Gasteiger partial charge on any atom is 0.0590 e. The zero-order valence-electron chi connectivity index (χ0n) is 11.7. The van der Waals surface area contributed by atoms with Crippen LogP contribution in [0.2, 0.25) is 0 Å². The van der Waals surface area contributed by atoms with E-state index in [1.165, 1.54) is 19.4 Å². The van der Waals surface area contributed by atoms with Crippen LogP contribution in [0.3, 0.4) is 0 Å². The van der Waals surface area contributed by atoms with E-state index in [1.807, 2.05) is 0 Å². The first kappa shape index (κ1) is 13.3. The summed E-state index contributed by atoms with van der Waals surface area (Å²) in [5, 5.41) is 0. The molecule has 0 aromatic heterocycles. The highest BCUT2D eigenvalue weighted by Gasteiger charge is 2.47. The quantitative estimate of drug-likeness (QED) is 0.821. The summed E-state index contributed by atoms with van der Waals surface area (Å²) >= 11 is 0. The minimum Gasteiger partial charge on any atom is -0.378 e. The Morgan fingerprint density at radius 2 is 2.12 bits per heavy atom. The third kappa shape index (κ3) is 2.38. The molecule has 0 bridgehead atoms. The van der Waals surface area contributed by atoms with Gasteiger partial charge in [-0.05, 0) is 52.5 Å². The van der Waals surface area contributed by atoms with Gasteiger partial charge in [-0.3, -0.25) is 4.90 Å². The third-order valence-electron chi connectivity index (χ3n) is 4.84. The summed E-state index contributed by atoms with van der Waals surface area (Å²) in [6.45, 7) is 9.81. The Labute approximate surface area is 106 Å². The Morgan fingerprint density at radius 1 is 1.35 bits per heavy atom. The molecule has 2 fully saturated rings. The summed E-state index contributed by atoms with van der Waals surface area (Å²) in [5.74, 6) is 0. The molecule has 0 aromatic carbocycles. The fourth-order valence-corrected chi connectivity index (χ4v) is 3.79. The van der Waals surface area contributed by atoms with Crippen molar-refractivity contribution in [3.63, 3.8) is 0 Å². The number of likely N-dealkylation sites (tertiary alicyclic amines) is 1. The Hall–Kier alpha value is -0.120. The van der Waals surface area contributed by atoms with E-state index in [1.54, 1.807) is 0 Å². The molecule has 3 nitrogen and oxygen atoms in total. The van der Waals surface area contributed by atoms with Crippen molar-refractivity contribution in [3.05, 3.63) is 0 Å². The van der Waals surface area contributed by atoms with Crippen LogP contribution in [0.1, 0.15) is 52.9 Å². The molecule has 2 N–H and O–H groups in total. The molecule has 0 saturated carbocycles. The number of nitrogens with two attached hydrogens (primary N) is 1. The highest BCUT2D eigenvalue weighted by molar-refractivity contribution is 5.04. The van der Waals surface area contributed by atoms with Crippen LogP contribution in [0.25, 0.3) is 0 Å². The highest BCUT2D eigenvalue weighted by atomic mass is 16.5. The maximum atomic E-state index is 6.16. The van der Waals surface area contributed by atoms with Gasteiger partial charge < -0.3 is 10.5 Å². The fourth-order valence-electron chi connectivity index (χ4n) is 3.79. The molecular formula is C14H28N2O. The lowest BCUT2D eigenvalue weighted by atomic mass is 9.81. The molecule has 3 heteroatoms. The molecule has 17 heavy (non-hydrogen) atoms. The zero-order valence-corrected chi connectivity index (χ0v) is 11.7. The second-order valence-corrected chi connectivity index (χ2v) is 6.35. The van der Waals surface area contributed by atoms with Crippen LogP contribution in [0.4, 0.5) is 0 Å². The van der Waals surface area contributed by atoms with Gasteiger partial charge in [0.2, 0.25) is 0 Å². The summed E-state index contributed by atoms with van der Waals surface area (Å²) in [4.78, 5) is 2.69. The van der Waals surface area contributed by atoms with E-state index in [0.717, 1.165) is 32.4 Å². The molecule has 0 aromatic rings. The Morgan fingerprint density at radius 3 is 2.65 bits per heavy atom. The predicted molar refractivity (Wildman–Crippen MR) is 71.1 cm³/mol. The second-order valence-electron chi connectivity index (χ2n) is 6.35. The Balaban J connectivity index is 2.18. The van der Waals surface area contributed by atoms with Gasteiger partial charge in [0.15, 0.2) is 0 Å². The average molecular weight is 240 g/mol. The van der Waals surface area contributed by atoms with Crippen LogP contribution in [-0.4, -0.2) is 41.8 Å². The minimum atomic E-state index is 0.193. The van der Waals surface area contributed by atoms with E-state index in [4.69, 9.17) is 10.5 Å². The van der Waals surface area contributed by atoms with Crippen LogP contribution < -0.4 is 5.73 Å². The van der Waals surface area contributed by atoms with Crippen LogP contribution in [0.15, 0.2) is 0 Å². The molecule has 2 aliphatic heterocycles. The average Bonchev–Trinajstić information content (AvgIpc) is 2.69. The van der Waals surface area contributed by atoms with E-state index in [9.17, 15) is 0 Å². The molecule has 2 aliphatic rings. The molecular weight excluding hydrogens is 212 g/mol. The van der Waals surface area contributed by atoms with Crippen molar-refractivity contribution in [2.24, 2.45) is 5.73 Å². The Kier molecular flexibility index (Phi) is 3.81.